The zero-order valence-electron chi connectivity index (χ0n) is 13.0. The lowest BCUT2D eigenvalue weighted by molar-refractivity contribution is 0.204. The average molecular weight is 375 g/mol. The highest BCUT2D eigenvalue weighted by Gasteiger charge is 2.25. The molecule has 0 bridgehead atoms. The maximum absolute atomic E-state index is 11.4. The lowest BCUT2D eigenvalue weighted by Gasteiger charge is -2.22. The Morgan fingerprint density at radius 3 is 2.29 bits per heavy atom. The van der Waals surface area contributed by atoms with Gasteiger partial charge in [-0.2, -0.15) is 9.97 Å². The molecule has 0 aliphatic heterocycles. The summed E-state index contributed by atoms with van der Waals surface area (Å²) in [6.45, 7) is 0. The van der Waals surface area contributed by atoms with Gasteiger partial charge in [-0.15, -0.1) is 4.98 Å². The van der Waals surface area contributed by atoms with E-state index in [1.54, 1.807) is 6.07 Å². The van der Waals surface area contributed by atoms with Crippen LogP contribution < -0.4 is 13.8 Å². The molecule has 0 aliphatic carbocycles. The summed E-state index contributed by atoms with van der Waals surface area (Å²) in [7, 11) is 4.08. The van der Waals surface area contributed by atoms with Crippen LogP contribution in [0.2, 0.25) is 5.02 Å². The zero-order valence-corrected chi connectivity index (χ0v) is 14.6. The molecule has 1 aromatic heterocycles. The van der Waals surface area contributed by atoms with Crippen molar-refractivity contribution in [1.82, 2.24) is 15.0 Å². The Morgan fingerprint density at radius 2 is 1.79 bits per heavy atom. The molecule has 2 aromatic rings. The van der Waals surface area contributed by atoms with Gasteiger partial charge in [0.1, 0.15) is 6.10 Å². The molecule has 9 nitrogen and oxygen atoms in total. The minimum absolute atomic E-state index is 0.0430. The van der Waals surface area contributed by atoms with Gasteiger partial charge in [-0.25, -0.2) is 4.21 Å². The van der Waals surface area contributed by atoms with Gasteiger partial charge < -0.3 is 14.6 Å². The van der Waals surface area contributed by atoms with Crippen molar-refractivity contribution in [1.29, 1.82) is 0 Å². The molecule has 2 N–H and O–H groups in total. The van der Waals surface area contributed by atoms with E-state index in [0.717, 1.165) is 4.31 Å². The van der Waals surface area contributed by atoms with Gasteiger partial charge in [0.25, 0.3) is 11.3 Å². The summed E-state index contributed by atoms with van der Waals surface area (Å²) in [5.41, 5.74) is 0.411. The SMILES string of the molecule is COc1nc(OC)nc(C(O)c2cccc(Cl)c2N(C)S(=O)O)n1. The lowest BCUT2D eigenvalue weighted by Crippen LogP contribution is -2.22. The van der Waals surface area contributed by atoms with E-state index < -0.39 is 17.4 Å². The third-order valence-electron chi connectivity index (χ3n) is 3.08. The molecule has 24 heavy (non-hydrogen) atoms. The van der Waals surface area contributed by atoms with Gasteiger partial charge in [-0.05, 0) is 6.07 Å². The van der Waals surface area contributed by atoms with Gasteiger partial charge in [0.05, 0.1) is 24.9 Å². The molecule has 130 valence electrons. The molecule has 0 spiro atoms. The molecule has 2 rings (SSSR count). The van der Waals surface area contributed by atoms with E-state index >= 15 is 0 Å². The van der Waals surface area contributed by atoms with Gasteiger partial charge in [-0.1, -0.05) is 23.7 Å². The van der Waals surface area contributed by atoms with Crippen molar-refractivity contribution < 1.29 is 23.3 Å². The monoisotopic (exact) mass is 374 g/mol. The Bertz CT molecular complexity index is 741. The number of ether oxygens (including phenoxy) is 2. The Labute approximate surface area is 145 Å². The lowest BCUT2D eigenvalue weighted by atomic mass is 10.1. The van der Waals surface area contributed by atoms with E-state index in [-0.39, 0.29) is 34.1 Å². The van der Waals surface area contributed by atoms with Crippen molar-refractivity contribution in [3.8, 4) is 12.0 Å². The quantitative estimate of drug-likeness (QED) is 0.724. The van der Waals surface area contributed by atoms with Crippen LogP contribution in [-0.4, -0.2) is 50.1 Å². The smallest absolute Gasteiger partial charge is 0.322 e. The van der Waals surface area contributed by atoms with Gasteiger partial charge in [0, 0.05) is 12.6 Å². The summed E-state index contributed by atoms with van der Waals surface area (Å²) in [5.74, 6) is -0.0562. The van der Waals surface area contributed by atoms with Crippen molar-refractivity contribution in [2.45, 2.75) is 6.10 Å². The molecule has 0 saturated heterocycles. The predicted octanol–water partition coefficient (Wildman–Crippen LogP) is 1.20. The van der Waals surface area contributed by atoms with Crippen molar-refractivity contribution in [2.75, 3.05) is 25.6 Å². The number of aromatic nitrogens is 3. The van der Waals surface area contributed by atoms with Crippen LogP contribution in [0.4, 0.5) is 5.69 Å². The Hall–Kier alpha value is -2.01. The number of methoxy groups -OCH3 is 2. The molecule has 0 radical (unpaired) electrons. The maximum Gasteiger partial charge on any atom is 0.322 e. The van der Waals surface area contributed by atoms with Crippen LogP contribution in [0.3, 0.4) is 0 Å². The summed E-state index contributed by atoms with van der Waals surface area (Å²) >= 11 is 3.78. The van der Waals surface area contributed by atoms with E-state index in [1.165, 1.54) is 33.4 Å². The third-order valence-corrected chi connectivity index (χ3v) is 4.04. The molecule has 1 heterocycles. The van der Waals surface area contributed by atoms with Gasteiger partial charge >= 0.3 is 12.0 Å². The number of benzene rings is 1. The van der Waals surface area contributed by atoms with Gasteiger partial charge in [0.15, 0.2) is 5.82 Å². The molecule has 1 aromatic carbocycles. The zero-order chi connectivity index (χ0) is 17.9. The summed E-state index contributed by atoms with van der Waals surface area (Å²) in [6.07, 6.45) is -1.35. The summed E-state index contributed by atoms with van der Waals surface area (Å²) in [4.78, 5) is 11.8. The minimum Gasteiger partial charge on any atom is -0.467 e. The first-order valence-electron chi connectivity index (χ1n) is 6.54. The minimum atomic E-state index is -2.33. The van der Waals surface area contributed by atoms with Gasteiger partial charge in [-0.3, -0.25) is 8.86 Å². The highest BCUT2D eigenvalue weighted by atomic mass is 35.5. The predicted molar refractivity (Wildman–Crippen MR) is 87.6 cm³/mol. The number of anilines is 1. The molecule has 2 atom stereocenters. The normalized spacial score (nSPS) is 13.2. The standard InChI is InChI=1S/C13H15ClN4O5S/c1-18(24(20)21)9-7(5-4-6-8(9)14)10(19)11-15-12(22-2)17-13(16-11)23-3/h4-6,10,19H,1-3H3,(H,20,21). The molecular weight excluding hydrogens is 360 g/mol. The van der Waals surface area contributed by atoms with Crippen LogP contribution in [0.1, 0.15) is 17.5 Å². The number of nitrogens with zero attached hydrogens (tertiary/aromatic N) is 4. The fraction of sp³-hybridized carbons (Fsp3) is 0.308. The summed E-state index contributed by atoms with van der Waals surface area (Å²) in [6, 6.07) is 4.58. The number of para-hydroxylation sites is 1. The Kier molecular flexibility index (Phi) is 5.89. The van der Waals surface area contributed by atoms with E-state index in [2.05, 4.69) is 15.0 Å². The van der Waals surface area contributed by atoms with Crippen molar-refractivity contribution in [3.63, 3.8) is 0 Å². The molecule has 11 heteroatoms. The second-order valence-electron chi connectivity index (χ2n) is 4.48. The fourth-order valence-corrected chi connectivity index (χ4v) is 2.68. The van der Waals surface area contributed by atoms with Crippen molar-refractivity contribution >= 4 is 28.6 Å². The first-order valence-corrected chi connectivity index (χ1v) is 7.98. The molecule has 0 fully saturated rings. The number of halogens is 1. The van der Waals surface area contributed by atoms with Crippen LogP contribution in [-0.2, 0) is 11.3 Å². The Morgan fingerprint density at radius 1 is 1.21 bits per heavy atom. The first-order chi connectivity index (χ1) is 11.4. The Balaban J connectivity index is 2.56. The number of hydrogen-bond acceptors (Lipinski definition) is 7. The highest BCUT2D eigenvalue weighted by Crippen LogP contribution is 2.35. The largest absolute Gasteiger partial charge is 0.467 e. The number of rotatable bonds is 6. The topological polar surface area (TPSA) is 118 Å². The summed E-state index contributed by atoms with van der Waals surface area (Å²) < 4.78 is 31.6. The van der Waals surface area contributed by atoms with Crippen molar-refractivity contribution in [2.24, 2.45) is 0 Å². The van der Waals surface area contributed by atoms with Crippen molar-refractivity contribution in [3.05, 3.63) is 34.6 Å². The number of aliphatic hydroxyl groups is 1. The van der Waals surface area contributed by atoms with E-state index in [1.807, 2.05) is 0 Å². The highest BCUT2D eigenvalue weighted by molar-refractivity contribution is 7.80. The molecular formula is C13H15ClN4O5S. The van der Waals surface area contributed by atoms with E-state index in [4.69, 9.17) is 21.1 Å². The summed E-state index contributed by atoms with van der Waals surface area (Å²) in [5, 5.41) is 10.8. The average Bonchev–Trinajstić information content (AvgIpc) is 2.59. The van der Waals surface area contributed by atoms with Crippen LogP contribution in [0.15, 0.2) is 18.2 Å². The van der Waals surface area contributed by atoms with E-state index in [0.29, 0.717) is 0 Å². The van der Waals surface area contributed by atoms with Crippen LogP contribution in [0.25, 0.3) is 0 Å². The van der Waals surface area contributed by atoms with Crippen LogP contribution >= 0.6 is 11.6 Å². The van der Waals surface area contributed by atoms with Crippen LogP contribution in [0, 0.1) is 0 Å². The maximum atomic E-state index is 11.4. The fourth-order valence-electron chi connectivity index (χ4n) is 1.96. The first kappa shape index (κ1) is 18.3. The van der Waals surface area contributed by atoms with Crippen LogP contribution in [0.5, 0.6) is 12.0 Å². The van der Waals surface area contributed by atoms with Gasteiger partial charge in [0.2, 0.25) is 0 Å². The molecule has 0 amide bonds. The molecule has 0 saturated carbocycles. The van der Waals surface area contributed by atoms with E-state index in [9.17, 15) is 13.9 Å². The third kappa shape index (κ3) is 3.73. The number of aliphatic hydroxyl groups excluding tert-OH is 1. The second kappa shape index (κ2) is 7.71. The number of hydrogen-bond donors (Lipinski definition) is 2. The molecule has 0 aliphatic rings. The molecule has 2 unspecified atom stereocenters. The second-order valence-corrected chi connectivity index (χ2v) is 5.89.